The van der Waals surface area contributed by atoms with E-state index in [1.165, 1.54) is 11.3 Å². The van der Waals surface area contributed by atoms with Gasteiger partial charge in [-0.05, 0) is 61.0 Å². The molecule has 2 N–H and O–H groups in total. The Morgan fingerprint density at radius 1 is 1.21 bits per heavy atom. The molecule has 4 nitrogen and oxygen atoms in total. The maximum Gasteiger partial charge on any atom is 0.230 e. The van der Waals surface area contributed by atoms with Crippen LogP contribution < -0.4 is 10.6 Å². The summed E-state index contributed by atoms with van der Waals surface area (Å²) in [4.78, 5) is 25.5. The first kappa shape index (κ1) is 19.7. The zero-order valence-corrected chi connectivity index (χ0v) is 17.5. The molecule has 1 aliphatic heterocycles. The van der Waals surface area contributed by atoms with Crippen LogP contribution in [0.15, 0.2) is 64.9 Å². The molecular formula is C25H30N2O2. The molecule has 0 saturated carbocycles. The number of carbonyl (C=O) groups is 2. The quantitative estimate of drug-likeness (QED) is 0.782. The molecule has 0 spiro atoms. The summed E-state index contributed by atoms with van der Waals surface area (Å²) in [6.07, 6.45) is 7.32. The first-order valence-electron chi connectivity index (χ1n) is 10.6. The summed E-state index contributed by atoms with van der Waals surface area (Å²) in [6.45, 7) is 7.27. The lowest BCUT2D eigenvalue weighted by Gasteiger charge is -2.43. The van der Waals surface area contributed by atoms with Crippen molar-refractivity contribution in [3.8, 4) is 0 Å². The number of carbonyl (C=O) groups excluding carboxylic acids is 2. The molecule has 1 aromatic carbocycles. The number of ketones is 1. The molecule has 2 atom stereocenters. The predicted octanol–water partition coefficient (Wildman–Crippen LogP) is 4.77. The Labute approximate surface area is 173 Å². The Balaban J connectivity index is 1.71. The number of hydrogen-bond acceptors (Lipinski definition) is 3. The molecule has 0 fully saturated rings. The fraction of sp³-hybridized carbons (Fsp3) is 0.440. The van der Waals surface area contributed by atoms with Gasteiger partial charge < -0.3 is 10.6 Å². The van der Waals surface area contributed by atoms with E-state index < -0.39 is 0 Å². The van der Waals surface area contributed by atoms with Crippen molar-refractivity contribution in [3.05, 3.63) is 64.9 Å². The lowest BCUT2D eigenvalue weighted by atomic mass is 9.66. The van der Waals surface area contributed by atoms with Crippen molar-refractivity contribution in [1.82, 2.24) is 5.32 Å². The van der Waals surface area contributed by atoms with E-state index in [9.17, 15) is 9.59 Å². The van der Waals surface area contributed by atoms with Crippen molar-refractivity contribution in [2.24, 2.45) is 17.3 Å². The van der Waals surface area contributed by atoms with Crippen molar-refractivity contribution >= 4 is 17.4 Å². The summed E-state index contributed by atoms with van der Waals surface area (Å²) < 4.78 is 0. The van der Waals surface area contributed by atoms with Crippen LogP contribution in [0.3, 0.4) is 0 Å². The number of benzene rings is 1. The third-order valence-electron chi connectivity index (χ3n) is 6.52. The third-order valence-corrected chi connectivity index (χ3v) is 6.52. The minimum Gasteiger partial charge on any atom is -0.388 e. The van der Waals surface area contributed by atoms with E-state index in [4.69, 9.17) is 0 Å². The zero-order chi connectivity index (χ0) is 20.6. The fourth-order valence-corrected chi connectivity index (χ4v) is 4.88. The maximum absolute atomic E-state index is 13.3. The number of para-hydroxylation sites is 1. The summed E-state index contributed by atoms with van der Waals surface area (Å²) in [6, 6.07) is 9.60. The summed E-state index contributed by atoms with van der Waals surface area (Å²) in [5.74, 6) is -0.135. The van der Waals surface area contributed by atoms with E-state index >= 15 is 0 Å². The molecule has 4 heteroatoms. The summed E-state index contributed by atoms with van der Waals surface area (Å²) in [5, 5.41) is 6.66. The van der Waals surface area contributed by atoms with Crippen LogP contribution >= 0.6 is 0 Å². The number of amides is 1. The minimum absolute atomic E-state index is 0.0109. The van der Waals surface area contributed by atoms with Crippen LogP contribution in [0, 0.1) is 17.3 Å². The van der Waals surface area contributed by atoms with Crippen LogP contribution in [-0.4, -0.2) is 18.2 Å². The van der Waals surface area contributed by atoms with Crippen LogP contribution in [0.1, 0.15) is 46.5 Å². The van der Waals surface area contributed by atoms with Gasteiger partial charge in [-0.25, -0.2) is 0 Å². The molecule has 2 unspecified atom stereocenters. The van der Waals surface area contributed by atoms with Gasteiger partial charge in [0.15, 0.2) is 5.78 Å². The van der Waals surface area contributed by atoms with Gasteiger partial charge in [-0.1, -0.05) is 43.7 Å². The van der Waals surface area contributed by atoms with Gasteiger partial charge in [0.25, 0.3) is 0 Å². The van der Waals surface area contributed by atoms with Crippen LogP contribution in [0.25, 0.3) is 0 Å². The molecule has 152 valence electrons. The standard InChI is InChI=1S/C25H30N2O2/c1-16-9-10-18(28)13-20(16)23-19-11-12-25(2,3)14-22(19)26-15-21(23)24(29)27-17-7-5-4-6-8-17/h4-9,13,21,23,26H,10-12,14-15H2,1-3H3,(H,27,29). The fourth-order valence-electron chi connectivity index (χ4n) is 4.88. The van der Waals surface area contributed by atoms with Crippen LogP contribution in [0.5, 0.6) is 0 Å². The normalized spacial score (nSPS) is 26.1. The monoisotopic (exact) mass is 390 g/mol. The molecule has 29 heavy (non-hydrogen) atoms. The van der Waals surface area contributed by atoms with Crippen molar-refractivity contribution in [1.29, 1.82) is 0 Å². The van der Waals surface area contributed by atoms with Crippen LogP contribution in [0.2, 0.25) is 0 Å². The number of nitrogens with one attached hydrogen (secondary N) is 2. The SMILES string of the molecule is CC1=CCC(=O)C=C1C1C2=C(CC(C)(C)CC2)NCC1C(=O)Nc1ccccc1. The second-order valence-corrected chi connectivity index (χ2v) is 9.32. The van der Waals surface area contributed by atoms with Crippen LogP contribution in [-0.2, 0) is 9.59 Å². The Kier molecular flexibility index (Phi) is 5.20. The Morgan fingerprint density at radius 3 is 2.72 bits per heavy atom. The molecule has 4 rings (SSSR count). The highest BCUT2D eigenvalue weighted by atomic mass is 16.2. The predicted molar refractivity (Wildman–Crippen MR) is 116 cm³/mol. The van der Waals surface area contributed by atoms with Crippen molar-refractivity contribution in [2.45, 2.75) is 46.5 Å². The molecule has 0 saturated heterocycles. The number of anilines is 1. The minimum atomic E-state index is -0.240. The second kappa shape index (κ2) is 7.66. The average Bonchev–Trinajstić information content (AvgIpc) is 2.69. The van der Waals surface area contributed by atoms with Gasteiger partial charge in [0, 0.05) is 30.3 Å². The largest absolute Gasteiger partial charge is 0.388 e. The lowest BCUT2D eigenvalue weighted by Crippen LogP contribution is -2.46. The molecule has 1 amide bonds. The van der Waals surface area contributed by atoms with Crippen molar-refractivity contribution in [2.75, 3.05) is 11.9 Å². The summed E-state index contributed by atoms with van der Waals surface area (Å²) in [5.41, 5.74) is 5.83. The molecule has 0 bridgehead atoms. The number of rotatable bonds is 3. The van der Waals surface area contributed by atoms with Gasteiger partial charge in [-0.3, -0.25) is 9.59 Å². The Morgan fingerprint density at radius 2 is 1.97 bits per heavy atom. The van der Waals surface area contributed by atoms with E-state index in [-0.39, 0.29) is 28.9 Å². The Hall–Kier alpha value is -2.62. The van der Waals surface area contributed by atoms with Crippen molar-refractivity contribution in [3.63, 3.8) is 0 Å². The van der Waals surface area contributed by atoms with E-state index in [1.807, 2.05) is 36.4 Å². The molecule has 1 aromatic rings. The zero-order valence-electron chi connectivity index (χ0n) is 17.5. The smallest absolute Gasteiger partial charge is 0.230 e. The first-order chi connectivity index (χ1) is 13.8. The van der Waals surface area contributed by atoms with Crippen molar-refractivity contribution < 1.29 is 9.59 Å². The molecule has 1 heterocycles. The first-order valence-corrected chi connectivity index (χ1v) is 10.6. The molecule has 0 radical (unpaired) electrons. The highest BCUT2D eigenvalue weighted by Crippen LogP contribution is 2.47. The highest BCUT2D eigenvalue weighted by molar-refractivity contribution is 5.96. The molecule has 0 aromatic heterocycles. The molecule has 3 aliphatic rings. The Bertz CT molecular complexity index is 921. The van der Waals surface area contributed by atoms with E-state index in [0.29, 0.717) is 13.0 Å². The van der Waals surface area contributed by atoms with E-state index in [0.717, 1.165) is 36.1 Å². The topological polar surface area (TPSA) is 58.2 Å². The number of allylic oxidation sites excluding steroid dienone is 6. The lowest BCUT2D eigenvalue weighted by molar-refractivity contribution is -0.121. The second-order valence-electron chi connectivity index (χ2n) is 9.32. The molecule has 2 aliphatic carbocycles. The third kappa shape index (κ3) is 4.07. The van der Waals surface area contributed by atoms with Gasteiger partial charge >= 0.3 is 0 Å². The maximum atomic E-state index is 13.3. The van der Waals surface area contributed by atoms with Gasteiger partial charge in [-0.15, -0.1) is 0 Å². The van der Waals surface area contributed by atoms with Crippen LogP contribution in [0.4, 0.5) is 5.69 Å². The van der Waals surface area contributed by atoms with Gasteiger partial charge in [0.05, 0.1) is 5.92 Å². The van der Waals surface area contributed by atoms with E-state index in [1.54, 1.807) is 6.08 Å². The highest BCUT2D eigenvalue weighted by Gasteiger charge is 2.42. The summed E-state index contributed by atoms with van der Waals surface area (Å²) in [7, 11) is 0. The van der Waals surface area contributed by atoms with Gasteiger partial charge in [-0.2, -0.15) is 0 Å². The molecular weight excluding hydrogens is 360 g/mol. The summed E-state index contributed by atoms with van der Waals surface area (Å²) >= 11 is 0. The van der Waals surface area contributed by atoms with Gasteiger partial charge in [0.1, 0.15) is 0 Å². The number of hydrogen-bond donors (Lipinski definition) is 2. The van der Waals surface area contributed by atoms with E-state index in [2.05, 4.69) is 31.4 Å². The average molecular weight is 391 g/mol. The van der Waals surface area contributed by atoms with Gasteiger partial charge in [0.2, 0.25) is 5.91 Å².